The van der Waals surface area contributed by atoms with Crippen molar-refractivity contribution in [2.24, 2.45) is 4.58 Å². The van der Waals surface area contributed by atoms with Crippen LogP contribution in [-0.2, 0) is 16.0 Å². The quantitative estimate of drug-likeness (QED) is 0.454. The third-order valence-corrected chi connectivity index (χ3v) is 6.87. The minimum Gasteiger partial charge on any atom is -0.496 e. The highest BCUT2D eigenvalue weighted by Crippen LogP contribution is 2.68. The molecule has 0 aliphatic carbocycles. The molecule has 9 nitrogen and oxygen atoms in total. The number of hydrogen-bond donors (Lipinski definition) is 3. The van der Waals surface area contributed by atoms with Gasteiger partial charge >= 0.3 is 0 Å². The number of benzene rings is 2. The van der Waals surface area contributed by atoms with Gasteiger partial charge < -0.3 is 15.0 Å². The van der Waals surface area contributed by atoms with Crippen molar-refractivity contribution in [3.63, 3.8) is 0 Å². The Morgan fingerprint density at radius 2 is 2.03 bits per heavy atom. The lowest BCUT2D eigenvalue weighted by Gasteiger charge is -2.08. The van der Waals surface area contributed by atoms with Gasteiger partial charge in [0.2, 0.25) is 11.9 Å². The molecule has 2 amide bonds. The number of hydrogen-bond acceptors (Lipinski definition) is 6. The molecule has 3 N–H and O–H groups in total. The van der Waals surface area contributed by atoms with Crippen LogP contribution in [-0.4, -0.2) is 35.1 Å². The summed E-state index contributed by atoms with van der Waals surface area (Å²) in [6.45, 7) is 0. The van der Waals surface area contributed by atoms with E-state index >= 15 is 0 Å². The van der Waals surface area contributed by atoms with E-state index in [2.05, 4.69) is 25.2 Å². The van der Waals surface area contributed by atoms with Gasteiger partial charge in [0, 0.05) is 16.3 Å². The fourth-order valence-corrected chi connectivity index (χ4v) is 4.70. The van der Waals surface area contributed by atoms with Crippen LogP contribution in [0.5, 0.6) is 5.75 Å². The third kappa shape index (κ3) is 4.39. The summed E-state index contributed by atoms with van der Waals surface area (Å²) >= 11 is 6.01. The molecular weight excluding hydrogens is 442 g/mol. The number of amides is 2. The van der Waals surface area contributed by atoms with Crippen molar-refractivity contribution in [3.05, 3.63) is 62.2 Å². The topological polar surface area (TPSA) is 126 Å². The first kappa shape index (κ1) is 20.9. The summed E-state index contributed by atoms with van der Waals surface area (Å²) in [5.41, 5.74) is 2.43. The maximum Gasteiger partial charge on any atom is 0.263 e. The molecule has 1 unspecified atom stereocenters. The molecule has 0 radical (unpaired) electrons. The van der Waals surface area contributed by atoms with Gasteiger partial charge in [-0.2, -0.15) is 0 Å². The van der Waals surface area contributed by atoms with Gasteiger partial charge in [-0.15, -0.1) is 4.91 Å². The van der Waals surface area contributed by atoms with Crippen LogP contribution < -0.4 is 15.4 Å². The van der Waals surface area contributed by atoms with E-state index in [1.807, 2.05) is 0 Å². The average molecular weight is 460 g/mol. The lowest BCUT2D eigenvalue weighted by atomic mass is 10.1. The van der Waals surface area contributed by atoms with Crippen LogP contribution in [0, 0.1) is 4.91 Å². The predicted octanol–water partition coefficient (Wildman–Crippen LogP) is 4.32. The van der Waals surface area contributed by atoms with E-state index < -0.39 is 10.2 Å². The second kappa shape index (κ2) is 8.05. The molecule has 0 spiro atoms. The van der Waals surface area contributed by atoms with Crippen molar-refractivity contribution >= 4 is 56.3 Å². The van der Waals surface area contributed by atoms with Gasteiger partial charge in [0.15, 0.2) is 0 Å². The summed E-state index contributed by atoms with van der Waals surface area (Å²) in [6, 6.07) is 10.2. The van der Waals surface area contributed by atoms with Crippen LogP contribution in [0.4, 0.5) is 11.6 Å². The molecule has 0 bridgehead atoms. The van der Waals surface area contributed by atoms with E-state index in [-0.39, 0.29) is 24.2 Å². The summed E-state index contributed by atoms with van der Waals surface area (Å²) in [6.07, 6.45) is 1.71. The maximum atomic E-state index is 12.5. The van der Waals surface area contributed by atoms with E-state index in [9.17, 15) is 14.5 Å². The molecule has 0 saturated heterocycles. The number of carbonyl (C=O) groups excluding carboxylic acids is 2. The van der Waals surface area contributed by atoms with Crippen LogP contribution in [0.1, 0.15) is 5.56 Å². The number of aromatic nitrogens is 2. The van der Waals surface area contributed by atoms with Crippen molar-refractivity contribution in [1.82, 2.24) is 9.97 Å². The van der Waals surface area contributed by atoms with E-state index in [0.29, 0.717) is 38.0 Å². The van der Waals surface area contributed by atoms with E-state index in [0.717, 1.165) is 0 Å². The van der Waals surface area contributed by atoms with Crippen LogP contribution in [0.3, 0.4) is 0 Å². The Morgan fingerprint density at radius 3 is 2.74 bits per heavy atom. The standard InChI is InChI=1S/C20H18ClN5O4S/c1-30-16-6-3-12(21)7-11(16)8-18(27)25-20-23-14-5-4-13(9-15(14)24-20)22-19(28)17-10-31(17,2)26-29/h3-7,9-10H,8H2,1-2H3,(H,22,28)(H2,23,24,25,27). The van der Waals surface area contributed by atoms with Crippen LogP contribution in [0.15, 0.2) is 51.3 Å². The number of rotatable bonds is 7. The Hall–Kier alpha value is -3.37. The molecule has 4 rings (SSSR count). The summed E-state index contributed by atoms with van der Waals surface area (Å²) < 4.78 is 8.27. The number of nitrogens with one attached hydrogen (secondary N) is 3. The summed E-state index contributed by atoms with van der Waals surface area (Å²) in [4.78, 5) is 43.2. The SMILES string of the molecule is COc1ccc(Cl)cc1CC(=O)Nc1nc2ccc(NC(=O)C3=CS3(C)N=O)cc2[nH]1. The number of H-pyrrole nitrogens is 1. The van der Waals surface area contributed by atoms with Crippen molar-refractivity contribution < 1.29 is 14.3 Å². The monoisotopic (exact) mass is 459 g/mol. The van der Waals surface area contributed by atoms with Crippen LogP contribution in [0.2, 0.25) is 5.02 Å². The van der Waals surface area contributed by atoms with Gasteiger partial charge in [-0.1, -0.05) is 21.8 Å². The van der Waals surface area contributed by atoms with Crippen molar-refractivity contribution in [3.8, 4) is 5.75 Å². The molecule has 1 atom stereocenters. The zero-order valence-electron chi connectivity index (χ0n) is 16.6. The minimum atomic E-state index is -1.89. The molecular formula is C20H18ClN5O4S. The third-order valence-electron chi connectivity index (χ3n) is 4.69. The zero-order chi connectivity index (χ0) is 22.2. The van der Waals surface area contributed by atoms with Crippen molar-refractivity contribution in [2.75, 3.05) is 24.0 Å². The second-order valence-corrected chi connectivity index (χ2v) is 10.1. The highest BCUT2D eigenvalue weighted by atomic mass is 35.5. The molecule has 31 heavy (non-hydrogen) atoms. The fraction of sp³-hybridized carbons (Fsp3) is 0.150. The van der Waals surface area contributed by atoms with Crippen molar-refractivity contribution in [1.29, 1.82) is 0 Å². The minimum absolute atomic E-state index is 0.0586. The van der Waals surface area contributed by atoms with Gasteiger partial charge in [-0.25, -0.2) is 4.98 Å². The van der Waals surface area contributed by atoms with E-state index in [1.165, 1.54) is 7.11 Å². The normalized spacial score (nSPS) is 19.1. The lowest BCUT2D eigenvalue weighted by molar-refractivity contribution is -0.115. The summed E-state index contributed by atoms with van der Waals surface area (Å²) in [7, 11) is -0.368. The number of ether oxygens (including phenoxy) is 1. The fourth-order valence-electron chi connectivity index (χ4n) is 3.06. The lowest BCUT2D eigenvalue weighted by Crippen LogP contribution is -2.15. The number of carbonyl (C=O) groups is 2. The molecule has 2 heterocycles. The van der Waals surface area contributed by atoms with Crippen molar-refractivity contribution in [2.45, 2.75) is 6.42 Å². The molecule has 0 saturated carbocycles. The van der Waals surface area contributed by atoms with Gasteiger partial charge in [-0.3, -0.25) is 14.9 Å². The molecule has 11 heteroatoms. The van der Waals surface area contributed by atoms with Crippen LogP contribution >= 0.6 is 21.8 Å². The molecule has 1 aliphatic rings. The number of imidazole rings is 1. The van der Waals surface area contributed by atoms with Gasteiger partial charge in [0.1, 0.15) is 5.75 Å². The number of methoxy groups -OCH3 is 1. The Labute approximate surface area is 183 Å². The summed E-state index contributed by atoms with van der Waals surface area (Å²) in [5, 5.41) is 7.55. The highest BCUT2D eigenvalue weighted by molar-refractivity contribution is 8.43. The van der Waals surface area contributed by atoms with Crippen LogP contribution in [0.25, 0.3) is 11.0 Å². The van der Waals surface area contributed by atoms with Gasteiger partial charge in [0.25, 0.3) is 5.91 Å². The Kier molecular flexibility index (Phi) is 5.42. The average Bonchev–Trinajstić information content (AvgIpc) is 3.27. The largest absolute Gasteiger partial charge is 0.496 e. The maximum absolute atomic E-state index is 12.5. The molecule has 1 aromatic heterocycles. The number of nitrogens with zero attached hydrogens (tertiary/aromatic N) is 2. The van der Waals surface area contributed by atoms with Gasteiger partial charge in [-0.05, 0) is 52.6 Å². The first-order valence-electron chi connectivity index (χ1n) is 9.09. The first-order valence-corrected chi connectivity index (χ1v) is 11.5. The molecule has 160 valence electrons. The predicted molar refractivity (Wildman–Crippen MR) is 122 cm³/mol. The first-order chi connectivity index (χ1) is 14.8. The smallest absolute Gasteiger partial charge is 0.263 e. The number of anilines is 2. The molecule has 3 aromatic rings. The molecule has 1 aliphatic heterocycles. The Bertz CT molecular complexity index is 1260. The van der Waals surface area contributed by atoms with E-state index in [4.69, 9.17) is 16.3 Å². The zero-order valence-corrected chi connectivity index (χ0v) is 18.1. The second-order valence-electron chi connectivity index (χ2n) is 6.95. The number of aromatic amines is 1. The highest BCUT2D eigenvalue weighted by Gasteiger charge is 2.41. The molecule has 0 fully saturated rings. The number of fused-ring (bicyclic) bond motifs is 1. The Morgan fingerprint density at radius 1 is 1.23 bits per heavy atom. The Balaban J connectivity index is 1.44. The summed E-state index contributed by atoms with van der Waals surface area (Å²) in [5.74, 6) is 0.201. The number of nitroso groups, excluding NO2 is 1. The van der Waals surface area contributed by atoms with Gasteiger partial charge in [0.05, 0.1) is 29.5 Å². The van der Waals surface area contributed by atoms with E-state index in [1.54, 1.807) is 48.1 Å². The molecule has 2 aromatic carbocycles. The number of halogens is 1.